The average molecular weight is 2170 g/mol. The van der Waals surface area contributed by atoms with Crippen LogP contribution in [0, 0.1) is 0 Å². The number of hydrazone groups is 1. The maximum Gasteiger partial charge on any atom is 0.325 e. The van der Waals surface area contributed by atoms with Crippen molar-refractivity contribution in [1.82, 2.24) is 26.6 Å². The molecule has 51 nitrogen and oxygen atoms in total. The van der Waals surface area contributed by atoms with E-state index in [1.165, 1.54) is 0 Å². The highest BCUT2D eigenvalue weighted by molar-refractivity contribution is 7.51. The van der Waals surface area contributed by atoms with Crippen LogP contribution in [0.25, 0.3) is 0 Å². The molecule has 0 aromatic heterocycles. The van der Waals surface area contributed by atoms with E-state index < -0.39 is 125 Å². The minimum Gasteiger partial charge on any atom is -0.401 e. The van der Waals surface area contributed by atoms with Gasteiger partial charge in [-0.15, -0.1) is 0 Å². The van der Waals surface area contributed by atoms with Crippen LogP contribution in [0.4, 0.5) is 0 Å². The topological polar surface area (TPSA) is 764 Å². The van der Waals surface area contributed by atoms with Crippen molar-refractivity contribution in [2.75, 3.05) is 244 Å². The first-order valence-corrected chi connectivity index (χ1v) is 54.0. The lowest BCUT2D eigenvalue weighted by Gasteiger charge is -2.39. The average Bonchev–Trinajstić information content (AvgIpc) is 0.812. The minimum atomic E-state index is -3.59. The Hall–Kier alpha value is -6.60. The van der Waals surface area contributed by atoms with Gasteiger partial charge in [0, 0.05) is 158 Å². The van der Waals surface area contributed by atoms with Gasteiger partial charge in [0.15, 0.2) is 18.9 Å². The zero-order valence-corrected chi connectivity index (χ0v) is 87.8. The summed E-state index contributed by atoms with van der Waals surface area (Å²) in [6.45, 7) is 5.90. The lowest BCUT2D eigenvalue weighted by molar-refractivity contribution is -0.302. The number of nitrogens with one attached hydrogen (secondary N) is 5. The summed E-state index contributed by atoms with van der Waals surface area (Å²) >= 11 is 0. The Morgan fingerprint density at radius 2 is 0.638 bits per heavy atom. The van der Waals surface area contributed by atoms with Gasteiger partial charge < -0.3 is 206 Å². The molecule has 2 amide bonds. The van der Waals surface area contributed by atoms with Gasteiger partial charge in [-0.2, -0.15) is 5.10 Å². The molecule has 3 saturated heterocycles. The number of ketones is 5. The summed E-state index contributed by atoms with van der Waals surface area (Å²) in [5.41, 5.74) is 19.1. The second kappa shape index (κ2) is 87.6. The van der Waals surface area contributed by atoms with Gasteiger partial charge in [-0.3, -0.25) is 43.1 Å². The Morgan fingerprint density at radius 3 is 0.980 bits per heavy atom. The molecule has 3 aliphatic rings. The van der Waals surface area contributed by atoms with Crippen LogP contribution in [0.3, 0.4) is 0 Å². The molecular weight excluding hydrogens is 1990 g/mol. The van der Waals surface area contributed by atoms with Crippen molar-refractivity contribution in [2.24, 2.45) is 33.1 Å². The number of hydrogen-bond donors (Lipinski definition) is 22. The number of carbonyl (C=O) groups is 7. The maximum absolute atomic E-state index is 14.1. The number of amides is 2. The van der Waals surface area contributed by atoms with Gasteiger partial charge in [-0.05, 0) is 89.9 Å². The number of ether oxygens (including phenoxy) is 18. The molecule has 0 bridgehead atoms. The number of nitrogens with two attached hydrogens (primary N) is 4. The van der Waals surface area contributed by atoms with E-state index >= 15 is 0 Å². The van der Waals surface area contributed by atoms with Gasteiger partial charge in [0.05, 0.1) is 211 Å². The molecule has 16 atom stereocenters. The van der Waals surface area contributed by atoms with Crippen molar-refractivity contribution in [1.29, 1.82) is 0 Å². The normalized spacial score (nSPS) is 22.3. The third-order valence-corrected chi connectivity index (χ3v) is 23.9. The monoisotopic (exact) mass is 2170 g/mol. The van der Waals surface area contributed by atoms with Gasteiger partial charge >= 0.3 is 7.60 Å². The molecule has 0 aromatic rings. The number of aliphatic hydroxyl groups excluding tert-OH is 12. The van der Waals surface area contributed by atoms with Crippen LogP contribution in [0.15, 0.2) is 45.8 Å². The molecule has 3 aliphatic heterocycles. The second-order valence-corrected chi connectivity index (χ2v) is 38.0. The highest BCUT2D eigenvalue weighted by Gasteiger charge is 2.47. The highest BCUT2D eigenvalue weighted by atomic mass is 31.2. The predicted molar refractivity (Wildman–Crippen MR) is 539 cm³/mol. The van der Waals surface area contributed by atoms with Crippen LogP contribution >= 0.6 is 7.60 Å². The summed E-state index contributed by atoms with van der Waals surface area (Å²) in [6.07, 6.45) is -3.05. The molecular formula is C97H178N11O40P. The smallest absolute Gasteiger partial charge is 0.325 e. The largest absolute Gasteiger partial charge is 0.401 e. The summed E-state index contributed by atoms with van der Waals surface area (Å²) in [4.78, 5) is 106. The number of unbranched alkanes of at least 4 members (excludes halogenated alkanes) is 8. The van der Waals surface area contributed by atoms with E-state index in [0.29, 0.717) is 230 Å². The second-order valence-electron chi connectivity index (χ2n) is 36.2. The highest BCUT2D eigenvalue weighted by Crippen LogP contribution is 2.36. The third kappa shape index (κ3) is 69.1. The number of aliphatic imine (C=N–C) groups is 1. The molecule has 0 spiro atoms. The number of allylic oxidation sites excluding steroid dienone is 3. The van der Waals surface area contributed by atoms with E-state index in [1.54, 1.807) is 24.8 Å². The Labute approximate surface area is 874 Å². The van der Waals surface area contributed by atoms with Gasteiger partial charge in [0.2, 0.25) is 11.8 Å². The van der Waals surface area contributed by atoms with Gasteiger partial charge in [-0.25, -0.2) is 0 Å². The molecule has 0 aliphatic carbocycles. The minimum absolute atomic E-state index is 0.00719. The van der Waals surface area contributed by atoms with Gasteiger partial charge in [-0.1, -0.05) is 19.3 Å². The molecule has 3 fully saturated rings. The van der Waals surface area contributed by atoms with Crippen molar-refractivity contribution < 1.29 is 194 Å². The Balaban J connectivity index is 1.49. The number of nitrogens with zero attached hydrogens (tertiary/aromatic N) is 2. The first-order chi connectivity index (χ1) is 71.9. The van der Waals surface area contributed by atoms with E-state index in [-0.39, 0.29) is 237 Å². The fourth-order valence-corrected chi connectivity index (χ4v) is 15.1. The summed E-state index contributed by atoms with van der Waals surface area (Å²) in [6, 6.07) is 0. The standard InChI is InChI=1S/C97H178N11O40P/c1-149(128,129)145-36-14-11-15-74(108-101)64-102-31-12-4-9-21-84(118)107-97(68-139-37-28-78(115)18-7-2-5-16-75(112)25-22-71(98)61-103-33-40-130-43-46-133-49-52-136-55-58-142-94-91(125)88(122)85(119)80(65-109)146-94,69-140-38-29-79(116)19-8-3-6-17-76(113)26-23-72(99)62-104-34-41-131-44-47-134-50-53-137-56-59-143-95-92(126)89(123)86(120)81(66-110)147-95)70-141-39-30-83(117)106-32-13-10-20-77(114)27-24-73(100)63-105-35-42-132-45-48-135-51-54-138-57-60-144-96-93(127)90(124)87(121)82(67-111)148-96/h61-64,80-82,85-96,103-105,109-111,119-127H,2-60,65-70,98-101H2,1H3,(H,106,117)(H,107,118)(H,128,129)/b71-61-,72-62-,73-63-,102-64?,108-74?/t80?,81?,82?,85-,86-,87-,88+,89+,90+,91?,92?,93?,94+,95+,96+,97?/m1/s1. The van der Waals surface area contributed by atoms with Gasteiger partial charge in [0.25, 0.3) is 0 Å². The lowest BCUT2D eigenvalue weighted by atomic mass is 9.99. The van der Waals surface area contributed by atoms with E-state index in [2.05, 4.69) is 36.7 Å². The van der Waals surface area contributed by atoms with Crippen molar-refractivity contribution in [3.63, 3.8) is 0 Å². The molecule has 3 rings (SSSR count). The molecule has 7 unspecified atom stereocenters. The SMILES string of the molecule is CP(=O)(O)OCCCCC(C=NCCCCCC(=O)NC(COCCC(=O)CCCCCC(=O)CC/C(N)=C/NCCOCCOCCOCCO[C@H]1OC(CO)[C@@H](O)[C@H](O)C1O)(COCCC(=O)CCCCCC(=O)CC/C(N)=C/NCCOCCOCCOCCO[C@H]1OC(CO)[C@@H](O)[C@H](O)C1O)COCCC(=O)NCCCCC(=O)CC/C(N)=C/NCCOCCOCCOCCO[C@H]1OC(CO)[C@@H](O)[C@H](O)C1O)=NN. The quantitative estimate of drug-likeness (QED) is 0.00958. The van der Waals surface area contributed by atoms with Crippen molar-refractivity contribution in [3.05, 3.63) is 35.7 Å². The summed E-state index contributed by atoms with van der Waals surface area (Å²) in [5.74, 6) is 4.82. The number of carbonyl (C=O) groups excluding carboxylic acids is 7. The van der Waals surface area contributed by atoms with E-state index in [4.69, 9.17) is 113 Å². The third-order valence-electron chi connectivity index (χ3n) is 23.3. The molecule has 0 radical (unpaired) electrons. The number of Topliss-reactive ketones (excluding diaryl/α,β-unsaturated/α-hetero) is 5. The summed E-state index contributed by atoms with van der Waals surface area (Å²) in [7, 11) is -3.59. The fraction of sp³-hybridized carbons (Fsp3) is 0.845. The van der Waals surface area contributed by atoms with Crippen molar-refractivity contribution >= 4 is 60.3 Å². The van der Waals surface area contributed by atoms with Gasteiger partial charge in [0.1, 0.15) is 108 Å². The van der Waals surface area contributed by atoms with Crippen molar-refractivity contribution in [2.45, 2.75) is 284 Å². The van der Waals surface area contributed by atoms with E-state index in [0.717, 1.165) is 6.66 Å². The van der Waals surface area contributed by atoms with Crippen LogP contribution in [0.2, 0.25) is 0 Å². The Bertz CT molecular complexity index is 3400. The zero-order chi connectivity index (χ0) is 109. The van der Waals surface area contributed by atoms with E-state index in [9.17, 15) is 104 Å². The Morgan fingerprint density at radius 1 is 0.329 bits per heavy atom. The first kappa shape index (κ1) is 137. The number of aliphatic hydroxyl groups is 12. The van der Waals surface area contributed by atoms with Crippen LogP contribution in [0.1, 0.15) is 186 Å². The Kier molecular flexibility index (Phi) is 80.3. The van der Waals surface area contributed by atoms with Crippen molar-refractivity contribution in [3.8, 4) is 0 Å². The van der Waals surface area contributed by atoms with Crippen LogP contribution < -0.4 is 49.6 Å². The zero-order valence-electron chi connectivity index (χ0n) is 86.9. The lowest BCUT2D eigenvalue weighted by Crippen LogP contribution is -2.59. The fourth-order valence-electron chi connectivity index (χ4n) is 14.6. The maximum atomic E-state index is 14.1. The summed E-state index contributed by atoms with van der Waals surface area (Å²) in [5, 5.41) is 137. The van der Waals surface area contributed by atoms with Crippen LogP contribution in [-0.2, 0) is 128 Å². The molecule has 0 aromatic carbocycles. The molecule has 149 heavy (non-hydrogen) atoms. The molecule has 3 heterocycles. The number of rotatable bonds is 100. The van der Waals surface area contributed by atoms with Crippen LogP contribution in [0.5, 0.6) is 0 Å². The van der Waals surface area contributed by atoms with Crippen LogP contribution in [-0.4, -0.2) is 461 Å². The summed E-state index contributed by atoms with van der Waals surface area (Å²) < 4.78 is 117. The molecule has 0 saturated carbocycles. The molecule has 26 N–H and O–H groups in total. The molecule has 52 heteroatoms. The van der Waals surface area contributed by atoms with E-state index in [1.807, 2.05) is 0 Å². The first-order valence-electron chi connectivity index (χ1n) is 52.0. The predicted octanol–water partition coefficient (Wildman–Crippen LogP) is -2.85. The number of hydrogen-bond acceptors (Lipinski definition) is 48. The molecule has 866 valence electrons.